The summed E-state index contributed by atoms with van der Waals surface area (Å²) in [5.74, 6) is 0.336. The van der Waals surface area contributed by atoms with Gasteiger partial charge in [0, 0.05) is 17.5 Å². The van der Waals surface area contributed by atoms with Crippen LogP contribution in [0.2, 0.25) is 0 Å². The highest BCUT2D eigenvalue weighted by Crippen LogP contribution is 2.33. The molecule has 2 N–H and O–H groups in total. The van der Waals surface area contributed by atoms with E-state index in [2.05, 4.69) is 15.3 Å². The quantitative estimate of drug-likeness (QED) is 0.623. The van der Waals surface area contributed by atoms with Crippen LogP contribution in [0.1, 0.15) is 34.6 Å². The summed E-state index contributed by atoms with van der Waals surface area (Å²) in [6.45, 7) is 0.508. The number of halogens is 1. The van der Waals surface area contributed by atoms with Crippen molar-refractivity contribution in [2.45, 2.75) is 32.0 Å². The molecule has 1 fully saturated rings. The Morgan fingerprint density at radius 2 is 1.93 bits per heavy atom. The first kappa shape index (κ1) is 19.9. The molecule has 8 nitrogen and oxygen atoms in total. The van der Waals surface area contributed by atoms with Gasteiger partial charge in [-0.2, -0.15) is 0 Å². The Morgan fingerprint density at radius 3 is 2.73 bits per heavy atom. The standard InChI is InChI=1S/C21H18N4O4.ClH/c26-19-9-8-16(20(27)24-19)25-10-13-12(21(25)28)4-3-7-17(13)29-11-18-22-14-5-1-2-6-15(14)23-18;/h1-7,16H,8-11H2,(H,22,23)(H,24,26,27);1H. The van der Waals surface area contributed by atoms with Crippen molar-refractivity contribution in [2.24, 2.45) is 0 Å². The Balaban J connectivity index is 0.00000218. The van der Waals surface area contributed by atoms with Gasteiger partial charge in [-0.25, -0.2) is 4.98 Å². The van der Waals surface area contributed by atoms with Crippen molar-refractivity contribution in [1.29, 1.82) is 0 Å². The summed E-state index contributed by atoms with van der Waals surface area (Å²) in [4.78, 5) is 45.7. The van der Waals surface area contributed by atoms with Crippen LogP contribution in [0.25, 0.3) is 11.0 Å². The number of fused-ring (bicyclic) bond motifs is 2. The molecule has 3 aromatic rings. The number of ether oxygens (including phenoxy) is 1. The number of nitrogens with zero attached hydrogens (tertiary/aromatic N) is 2. The number of imide groups is 1. The lowest BCUT2D eigenvalue weighted by atomic mass is 10.0. The molecule has 5 rings (SSSR count). The number of nitrogens with one attached hydrogen (secondary N) is 2. The lowest BCUT2D eigenvalue weighted by Gasteiger charge is -2.29. The minimum absolute atomic E-state index is 0. The number of carbonyl (C=O) groups is 3. The van der Waals surface area contributed by atoms with Crippen molar-refractivity contribution in [3.05, 3.63) is 59.4 Å². The van der Waals surface area contributed by atoms with E-state index in [1.165, 1.54) is 4.90 Å². The fourth-order valence-electron chi connectivity index (χ4n) is 3.91. The van der Waals surface area contributed by atoms with E-state index in [1.807, 2.05) is 30.3 Å². The smallest absolute Gasteiger partial charge is 0.255 e. The highest BCUT2D eigenvalue weighted by Gasteiger charge is 2.40. The number of hydrogen-bond donors (Lipinski definition) is 2. The van der Waals surface area contributed by atoms with Gasteiger partial charge in [0.25, 0.3) is 5.91 Å². The highest BCUT2D eigenvalue weighted by molar-refractivity contribution is 6.05. The Hall–Kier alpha value is -3.39. The maximum absolute atomic E-state index is 12.9. The van der Waals surface area contributed by atoms with E-state index < -0.39 is 11.9 Å². The molecule has 1 saturated heterocycles. The number of hydrogen-bond acceptors (Lipinski definition) is 5. The van der Waals surface area contributed by atoms with Crippen LogP contribution in [0.4, 0.5) is 0 Å². The average molecular weight is 427 g/mol. The monoisotopic (exact) mass is 426 g/mol. The van der Waals surface area contributed by atoms with Crippen molar-refractivity contribution in [2.75, 3.05) is 0 Å². The molecule has 30 heavy (non-hydrogen) atoms. The maximum atomic E-state index is 12.9. The first-order chi connectivity index (χ1) is 14.1. The molecule has 2 aliphatic rings. The summed E-state index contributed by atoms with van der Waals surface area (Å²) in [6, 6.07) is 12.4. The van der Waals surface area contributed by atoms with Crippen molar-refractivity contribution < 1.29 is 19.1 Å². The number of H-pyrrole nitrogens is 1. The van der Waals surface area contributed by atoms with Crippen LogP contribution in [0.5, 0.6) is 5.75 Å². The topological polar surface area (TPSA) is 104 Å². The third-order valence-electron chi connectivity index (χ3n) is 5.34. The van der Waals surface area contributed by atoms with E-state index in [1.54, 1.807) is 12.1 Å². The number of carbonyl (C=O) groups excluding carboxylic acids is 3. The molecule has 2 aromatic carbocycles. The number of piperidine rings is 1. The third kappa shape index (κ3) is 3.39. The van der Waals surface area contributed by atoms with Crippen LogP contribution in [-0.2, 0) is 22.7 Å². The molecular weight excluding hydrogens is 408 g/mol. The Bertz CT molecular complexity index is 1130. The normalized spacial score (nSPS) is 18.2. The van der Waals surface area contributed by atoms with Gasteiger partial charge in [-0.1, -0.05) is 18.2 Å². The average Bonchev–Trinajstić information content (AvgIpc) is 3.28. The van der Waals surface area contributed by atoms with Gasteiger partial charge >= 0.3 is 0 Å². The summed E-state index contributed by atoms with van der Waals surface area (Å²) in [6.07, 6.45) is 0.561. The number of imidazole rings is 1. The molecule has 0 spiro atoms. The minimum atomic E-state index is -0.643. The van der Waals surface area contributed by atoms with Crippen LogP contribution < -0.4 is 10.1 Å². The van der Waals surface area contributed by atoms with Crippen LogP contribution in [0.15, 0.2) is 42.5 Å². The molecule has 0 bridgehead atoms. The SMILES string of the molecule is Cl.O=C1CCC(N2Cc3c(OCc4nc5ccccc5[nH]4)cccc3C2=O)C(=O)N1. The molecule has 3 heterocycles. The molecule has 3 amide bonds. The van der Waals surface area contributed by atoms with Gasteiger partial charge < -0.3 is 14.6 Å². The lowest BCUT2D eigenvalue weighted by Crippen LogP contribution is -2.52. The van der Waals surface area contributed by atoms with Gasteiger partial charge in [-0.05, 0) is 30.7 Å². The second kappa shape index (κ2) is 7.79. The van der Waals surface area contributed by atoms with E-state index in [0.717, 1.165) is 16.6 Å². The number of para-hydroxylation sites is 2. The summed E-state index contributed by atoms with van der Waals surface area (Å²) in [7, 11) is 0. The van der Waals surface area contributed by atoms with Gasteiger partial charge in [0.15, 0.2) is 0 Å². The molecule has 1 aromatic heterocycles. The number of rotatable bonds is 4. The van der Waals surface area contributed by atoms with Crippen molar-refractivity contribution in [3.63, 3.8) is 0 Å². The Morgan fingerprint density at radius 1 is 1.10 bits per heavy atom. The van der Waals surface area contributed by atoms with E-state index in [9.17, 15) is 14.4 Å². The first-order valence-electron chi connectivity index (χ1n) is 9.43. The minimum Gasteiger partial charge on any atom is -0.485 e. The van der Waals surface area contributed by atoms with Crippen LogP contribution in [-0.4, -0.2) is 38.6 Å². The number of benzene rings is 2. The van der Waals surface area contributed by atoms with Gasteiger partial charge in [0.1, 0.15) is 24.2 Å². The molecule has 9 heteroatoms. The second-order valence-corrected chi connectivity index (χ2v) is 7.17. The van der Waals surface area contributed by atoms with Crippen molar-refractivity contribution in [1.82, 2.24) is 20.2 Å². The zero-order valence-electron chi connectivity index (χ0n) is 15.9. The van der Waals surface area contributed by atoms with E-state index in [4.69, 9.17) is 4.74 Å². The Labute approximate surface area is 178 Å². The Kier molecular flexibility index (Phi) is 5.17. The molecule has 2 aliphatic heterocycles. The van der Waals surface area contributed by atoms with Gasteiger partial charge in [0.05, 0.1) is 17.6 Å². The van der Waals surface area contributed by atoms with E-state index >= 15 is 0 Å². The van der Waals surface area contributed by atoms with Crippen LogP contribution in [0.3, 0.4) is 0 Å². The maximum Gasteiger partial charge on any atom is 0.255 e. The summed E-state index contributed by atoms with van der Waals surface area (Å²) >= 11 is 0. The molecule has 0 aliphatic carbocycles. The molecule has 1 unspecified atom stereocenters. The molecule has 1 atom stereocenters. The zero-order chi connectivity index (χ0) is 20.0. The van der Waals surface area contributed by atoms with Crippen LogP contribution >= 0.6 is 12.4 Å². The highest BCUT2D eigenvalue weighted by atomic mass is 35.5. The summed E-state index contributed by atoms with van der Waals surface area (Å²) in [5.41, 5.74) is 3.07. The summed E-state index contributed by atoms with van der Waals surface area (Å²) < 4.78 is 5.97. The zero-order valence-corrected chi connectivity index (χ0v) is 16.7. The van der Waals surface area contributed by atoms with E-state index in [0.29, 0.717) is 23.6 Å². The second-order valence-electron chi connectivity index (χ2n) is 7.17. The van der Waals surface area contributed by atoms with Gasteiger partial charge in [0.2, 0.25) is 11.8 Å². The third-order valence-corrected chi connectivity index (χ3v) is 5.34. The van der Waals surface area contributed by atoms with E-state index in [-0.39, 0.29) is 43.8 Å². The number of aromatic nitrogens is 2. The lowest BCUT2D eigenvalue weighted by molar-refractivity contribution is -0.136. The molecule has 0 saturated carbocycles. The molecule has 154 valence electrons. The van der Waals surface area contributed by atoms with Gasteiger partial charge in [-0.15, -0.1) is 12.4 Å². The molecular formula is C21H19ClN4O4. The van der Waals surface area contributed by atoms with Crippen molar-refractivity contribution >= 4 is 41.2 Å². The van der Waals surface area contributed by atoms with Gasteiger partial charge in [-0.3, -0.25) is 19.7 Å². The van der Waals surface area contributed by atoms with Crippen LogP contribution in [0, 0.1) is 0 Å². The summed E-state index contributed by atoms with van der Waals surface area (Å²) in [5, 5.41) is 2.31. The first-order valence-corrected chi connectivity index (χ1v) is 9.43. The predicted molar refractivity (Wildman–Crippen MR) is 110 cm³/mol. The predicted octanol–water partition coefficient (Wildman–Crippen LogP) is 2.32. The fourth-order valence-corrected chi connectivity index (χ4v) is 3.91. The number of aromatic amines is 1. The van der Waals surface area contributed by atoms with Crippen molar-refractivity contribution in [3.8, 4) is 5.75 Å². The largest absolute Gasteiger partial charge is 0.485 e. The number of amides is 3. The fraction of sp³-hybridized carbons (Fsp3) is 0.238. The molecule has 0 radical (unpaired) electrons.